The van der Waals surface area contributed by atoms with Gasteiger partial charge >= 0.3 is 11.9 Å². The van der Waals surface area contributed by atoms with Crippen LogP contribution in [0.1, 0.15) is 187 Å². The molecule has 0 aliphatic heterocycles. The second-order valence-electron chi connectivity index (χ2n) is 11.0. The summed E-state index contributed by atoms with van der Waals surface area (Å²) >= 11 is 0. The Morgan fingerprint density at radius 3 is 1.22 bits per heavy atom. The third-order valence-corrected chi connectivity index (χ3v) is 7.40. The zero-order valence-corrected chi connectivity index (χ0v) is 24.3. The smallest absolute Gasteiger partial charge is 0.306 e. The van der Waals surface area contributed by atoms with Gasteiger partial charge in [0.2, 0.25) is 0 Å². The normalized spacial score (nSPS) is 12.1. The summed E-state index contributed by atoms with van der Waals surface area (Å²) in [5, 5.41) is 8.71. The molecule has 0 amide bonds. The maximum atomic E-state index is 12.0. The first-order valence-corrected chi connectivity index (χ1v) is 16.0. The molecule has 0 saturated carbocycles. The fraction of sp³-hybridized carbons (Fsp3) is 0.938. The molecule has 4 heteroatoms. The average Bonchev–Trinajstić information content (AvgIpc) is 2.86. The highest BCUT2D eigenvalue weighted by molar-refractivity contribution is 5.69. The Hall–Kier alpha value is -1.06. The lowest BCUT2D eigenvalue weighted by atomic mass is 10.0. The maximum Gasteiger partial charge on any atom is 0.306 e. The molecule has 0 spiro atoms. The van der Waals surface area contributed by atoms with E-state index in [2.05, 4.69) is 6.92 Å². The number of hydrogen-bond donors (Lipinski definition) is 1. The van der Waals surface area contributed by atoms with Crippen molar-refractivity contribution in [3.8, 4) is 0 Å². The molecule has 0 heterocycles. The van der Waals surface area contributed by atoms with Crippen LogP contribution in [0.3, 0.4) is 0 Å². The summed E-state index contributed by atoms with van der Waals surface area (Å²) in [4.78, 5) is 22.6. The highest BCUT2D eigenvalue weighted by atomic mass is 16.5. The third kappa shape index (κ3) is 27.5. The number of rotatable bonds is 29. The van der Waals surface area contributed by atoms with E-state index in [9.17, 15) is 9.59 Å². The van der Waals surface area contributed by atoms with Crippen LogP contribution in [0.2, 0.25) is 0 Å². The molecule has 1 unspecified atom stereocenters. The minimum absolute atomic E-state index is 0.120. The summed E-state index contributed by atoms with van der Waals surface area (Å²) < 4.78 is 5.50. The molecule has 214 valence electrons. The molecular weight excluding hydrogens is 448 g/mol. The molecule has 1 N–H and O–H groups in total. The van der Waals surface area contributed by atoms with Gasteiger partial charge in [-0.15, -0.1) is 0 Å². The number of hydrogen-bond acceptors (Lipinski definition) is 3. The van der Waals surface area contributed by atoms with Crippen LogP contribution < -0.4 is 0 Å². The molecule has 0 aromatic heterocycles. The van der Waals surface area contributed by atoms with Gasteiger partial charge in [-0.25, -0.2) is 0 Å². The van der Waals surface area contributed by atoms with Crippen molar-refractivity contribution in [3.63, 3.8) is 0 Å². The van der Waals surface area contributed by atoms with E-state index in [1.165, 1.54) is 128 Å². The van der Waals surface area contributed by atoms with Crippen LogP contribution in [-0.2, 0) is 14.3 Å². The Morgan fingerprint density at radius 2 is 0.889 bits per heavy atom. The van der Waals surface area contributed by atoms with Crippen LogP contribution in [0.15, 0.2) is 0 Å². The number of carboxylic acids is 1. The van der Waals surface area contributed by atoms with Crippen molar-refractivity contribution in [2.45, 2.75) is 193 Å². The zero-order valence-electron chi connectivity index (χ0n) is 24.3. The summed E-state index contributed by atoms with van der Waals surface area (Å²) in [6.07, 6.45) is 32.5. The Balaban J connectivity index is 3.26. The lowest BCUT2D eigenvalue weighted by Gasteiger charge is -2.15. The second-order valence-corrected chi connectivity index (χ2v) is 11.0. The van der Waals surface area contributed by atoms with Crippen molar-refractivity contribution in [1.82, 2.24) is 0 Å². The van der Waals surface area contributed by atoms with Crippen molar-refractivity contribution in [1.29, 1.82) is 0 Å². The van der Waals surface area contributed by atoms with Crippen LogP contribution >= 0.6 is 0 Å². The van der Waals surface area contributed by atoms with Gasteiger partial charge in [0.15, 0.2) is 0 Å². The first-order chi connectivity index (χ1) is 17.6. The quantitative estimate of drug-likeness (QED) is 0.0802. The van der Waals surface area contributed by atoms with Crippen molar-refractivity contribution in [3.05, 3.63) is 0 Å². The first kappa shape index (κ1) is 34.9. The minimum atomic E-state index is -0.786. The molecule has 0 aliphatic carbocycles. The van der Waals surface area contributed by atoms with Gasteiger partial charge in [0, 0.05) is 12.8 Å². The van der Waals surface area contributed by atoms with Crippen LogP contribution in [0, 0.1) is 0 Å². The van der Waals surface area contributed by atoms with E-state index in [-0.39, 0.29) is 18.5 Å². The average molecular weight is 511 g/mol. The monoisotopic (exact) mass is 510 g/mol. The number of ether oxygens (including phenoxy) is 1. The molecule has 36 heavy (non-hydrogen) atoms. The summed E-state index contributed by atoms with van der Waals surface area (Å²) in [7, 11) is 0. The van der Waals surface area contributed by atoms with E-state index >= 15 is 0 Å². The molecule has 0 aliphatic rings. The largest absolute Gasteiger partial charge is 0.481 e. The van der Waals surface area contributed by atoms with Gasteiger partial charge in [-0.05, 0) is 25.7 Å². The number of esters is 1. The molecule has 4 nitrogen and oxygen atoms in total. The van der Waals surface area contributed by atoms with E-state index in [1.54, 1.807) is 0 Å². The Bertz CT molecular complexity index is 477. The van der Waals surface area contributed by atoms with Crippen LogP contribution in [0.25, 0.3) is 0 Å². The number of carboxylic acid groups (broad SMARTS) is 1. The van der Waals surface area contributed by atoms with Gasteiger partial charge < -0.3 is 9.84 Å². The SMILES string of the molecule is CCCCCCCCCCCCCCCCCCCCCCCCC(=O)OC(CC)CCCC(=O)O. The fourth-order valence-corrected chi connectivity index (χ4v) is 4.95. The number of carbonyl (C=O) groups excluding carboxylic acids is 1. The third-order valence-electron chi connectivity index (χ3n) is 7.40. The molecule has 0 rings (SSSR count). The van der Waals surface area contributed by atoms with Crippen LogP contribution in [-0.4, -0.2) is 23.1 Å². The standard InChI is InChI=1S/C32H62O4/c1-3-5-6-7-8-9-10-11-12-13-14-15-16-17-18-19-20-21-22-23-24-25-29-32(35)36-30(4-2)27-26-28-31(33)34/h30H,3-29H2,1-2H3,(H,33,34). The van der Waals surface area contributed by atoms with Gasteiger partial charge in [0.25, 0.3) is 0 Å². The molecular formula is C32H62O4. The molecule has 0 radical (unpaired) electrons. The van der Waals surface area contributed by atoms with Crippen LogP contribution in [0.4, 0.5) is 0 Å². The lowest BCUT2D eigenvalue weighted by Crippen LogP contribution is -2.17. The van der Waals surface area contributed by atoms with E-state index in [0.29, 0.717) is 19.3 Å². The summed E-state index contributed by atoms with van der Waals surface area (Å²) in [6.45, 7) is 4.27. The van der Waals surface area contributed by atoms with E-state index in [0.717, 1.165) is 19.3 Å². The summed E-state index contributed by atoms with van der Waals surface area (Å²) in [5.41, 5.74) is 0. The number of unbranched alkanes of at least 4 members (excludes halogenated alkanes) is 21. The highest BCUT2D eigenvalue weighted by Crippen LogP contribution is 2.16. The Kier molecular flexibility index (Phi) is 27.7. The van der Waals surface area contributed by atoms with Gasteiger partial charge in [-0.1, -0.05) is 149 Å². The Labute approximate surface area is 224 Å². The number of carbonyl (C=O) groups is 2. The van der Waals surface area contributed by atoms with Crippen LogP contribution in [0.5, 0.6) is 0 Å². The van der Waals surface area contributed by atoms with Crippen molar-refractivity contribution in [2.24, 2.45) is 0 Å². The molecule has 0 aromatic carbocycles. The predicted octanol–water partition coefficient (Wildman–Crippen LogP) is 10.6. The fourth-order valence-electron chi connectivity index (χ4n) is 4.95. The van der Waals surface area contributed by atoms with E-state index < -0.39 is 5.97 Å². The minimum Gasteiger partial charge on any atom is -0.481 e. The van der Waals surface area contributed by atoms with Crippen molar-refractivity contribution in [2.75, 3.05) is 0 Å². The molecule has 0 saturated heterocycles. The number of aliphatic carboxylic acids is 1. The van der Waals surface area contributed by atoms with Gasteiger partial charge in [-0.2, -0.15) is 0 Å². The second kappa shape index (κ2) is 28.5. The van der Waals surface area contributed by atoms with Crippen molar-refractivity contribution >= 4 is 11.9 Å². The summed E-state index contributed by atoms with van der Waals surface area (Å²) in [5.74, 6) is -0.906. The van der Waals surface area contributed by atoms with E-state index in [4.69, 9.17) is 9.84 Å². The summed E-state index contributed by atoms with van der Waals surface area (Å²) in [6, 6.07) is 0. The molecule has 0 bridgehead atoms. The molecule has 0 aromatic rings. The predicted molar refractivity (Wildman–Crippen MR) is 154 cm³/mol. The first-order valence-electron chi connectivity index (χ1n) is 16.0. The van der Waals surface area contributed by atoms with Gasteiger partial charge in [0.1, 0.15) is 6.10 Å². The highest BCUT2D eigenvalue weighted by Gasteiger charge is 2.13. The van der Waals surface area contributed by atoms with Gasteiger partial charge in [-0.3, -0.25) is 9.59 Å². The topological polar surface area (TPSA) is 63.6 Å². The zero-order chi connectivity index (χ0) is 26.5. The molecule has 0 fully saturated rings. The lowest BCUT2D eigenvalue weighted by molar-refractivity contribution is -0.149. The maximum absolute atomic E-state index is 12.0. The van der Waals surface area contributed by atoms with E-state index in [1.807, 2.05) is 6.92 Å². The molecule has 1 atom stereocenters. The Morgan fingerprint density at radius 1 is 0.528 bits per heavy atom. The van der Waals surface area contributed by atoms with Gasteiger partial charge in [0.05, 0.1) is 0 Å². The van der Waals surface area contributed by atoms with Crippen molar-refractivity contribution < 1.29 is 19.4 Å².